The largest absolute Gasteiger partial charge is 0.460 e. The standard InChI is InChI=1S/C27H36N4O5/c1-16-29-23(24(30(16)5)17-10-12-35-13-11-17)18-6-7-20-19(14-18)15-31(26(20)34)21(25(28)33)8-9-22(32)36-27(2,3)4/h6-7,14,17,21H,8-13,15H2,1-5H3,(H2,28,33). The van der Waals surface area contributed by atoms with Crippen LogP contribution in [0.1, 0.15) is 79.8 Å². The second-order valence-corrected chi connectivity index (χ2v) is 10.7. The number of aromatic nitrogens is 2. The van der Waals surface area contributed by atoms with Crippen molar-refractivity contribution in [3.63, 3.8) is 0 Å². The van der Waals surface area contributed by atoms with E-state index in [0.717, 1.165) is 48.7 Å². The van der Waals surface area contributed by atoms with Crippen LogP contribution < -0.4 is 5.73 Å². The van der Waals surface area contributed by atoms with Gasteiger partial charge in [-0.1, -0.05) is 6.07 Å². The minimum Gasteiger partial charge on any atom is -0.460 e. The number of ether oxygens (including phenoxy) is 2. The van der Waals surface area contributed by atoms with Crippen LogP contribution in [0, 0.1) is 6.92 Å². The molecule has 1 fully saturated rings. The molecule has 1 atom stereocenters. The Balaban J connectivity index is 1.57. The maximum Gasteiger partial charge on any atom is 0.306 e. The number of nitrogens with two attached hydrogens (primary N) is 1. The number of carbonyl (C=O) groups excluding carboxylic acids is 3. The molecule has 36 heavy (non-hydrogen) atoms. The van der Waals surface area contributed by atoms with Gasteiger partial charge in [-0.25, -0.2) is 4.98 Å². The number of imidazole rings is 1. The lowest BCUT2D eigenvalue weighted by Gasteiger charge is -2.25. The van der Waals surface area contributed by atoms with Crippen LogP contribution in [0.15, 0.2) is 18.2 Å². The van der Waals surface area contributed by atoms with Gasteiger partial charge >= 0.3 is 5.97 Å². The Bertz CT molecular complexity index is 1170. The second kappa shape index (κ2) is 10.0. The number of rotatable bonds is 7. The molecule has 2 aromatic rings. The zero-order valence-corrected chi connectivity index (χ0v) is 21.8. The predicted octanol–water partition coefficient (Wildman–Crippen LogP) is 3.22. The molecule has 0 aliphatic carbocycles. The molecular formula is C27H36N4O5. The van der Waals surface area contributed by atoms with Crippen molar-refractivity contribution in [2.24, 2.45) is 12.8 Å². The van der Waals surface area contributed by atoms with Gasteiger partial charge in [-0.15, -0.1) is 0 Å². The number of amides is 2. The van der Waals surface area contributed by atoms with Crippen LogP contribution in [0.2, 0.25) is 0 Å². The van der Waals surface area contributed by atoms with Crippen molar-refractivity contribution in [1.82, 2.24) is 14.5 Å². The lowest BCUT2D eigenvalue weighted by atomic mass is 9.92. The van der Waals surface area contributed by atoms with Gasteiger partial charge in [0.25, 0.3) is 5.91 Å². The number of fused-ring (bicyclic) bond motifs is 1. The predicted molar refractivity (Wildman–Crippen MR) is 134 cm³/mol. The van der Waals surface area contributed by atoms with Gasteiger partial charge in [-0.3, -0.25) is 14.4 Å². The zero-order valence-electron chi connectivity index (χ0n) is 21.8. The lowest BCUT2D eigenvalue weighted by molar-refractivity contribution is -0.155. The van der Waals surface area contributed by atoms with Crippen LogP contribution in [-0.4, -0.2) is 57.1 Å². The van der Waals surface area contributed by atoms with Gasteiger partial charge in [0.15, 0.2) is 0 Å². The van der Waals surface area contributed by atoms with E-state index in [9.17, 15) is 14.4 Å². The van der Waals surface area contributed by atoms with Gasteiger partial charge in [0.05, 0.1) is 5.69 Å². The van der Waals surface area contributed by atoms with E-state index in [2.05, 4.69) is 4.57 Å². The first-order valence-corrected chi connectivity index (χ1v) is 12.5. The number of primary amides is 1. The van der Waals surface area contributed by atoms with E-state index in [1.807, 2.05) is 26.1 Å². The van der Waals surface area contributed by atoms with Gasteiger partial charge < -0.3 is 24.7 Å². The van der Waals surface area contributed by atoms with Crippen molar-refractivity contribution in [2.75, 3.05) is 13.2 Å². The highest BCUT2D eigenvalue weighted by molar-refractivity contribution is 6.01. The highest BCUT2D eigenvalue weighted by atomic mass is 16.6. The Kier molecular flexibility index (Phi) is 7.22. The van der Waals surface area contributed by atoms with E-state index in [1.165, 1.54) is 10.6 Å². The summed E-state index contributed by atoms with van der Waals surface area (Å²) in [5, 5.41) is 0. The fraction of sp³-hybridized carbons (Fsp3) is 0.556. The van der Waals surface area contributed by atoms with Gasteiger partial charge in [-0.05, 0) is 64.7 Å². The molecule has 4 rings (SSSR count). The molecule has 1 aromatic carbocycles. The Labute approximate surface area is 211 Å². The molecule has 0 radical (unpaired) electrons. The molecule has 9 nitrogen and oxygen atoms in total. The monoisotopic (exact) mass is 496 g/mol. The first-order valence-electron chi connectivity index (χ1n) is 12.5. The van der Waals surface area contributed by atoms with E-state index in [0.29, 0.717) is 11.5 Å². The summed E-state index contributed by atoms with van der Waals surface area (Å²) in [7, 11) is 2.04. The highest BCUT2D eigenvalue weighted by Crippen LogP contribution is 2.37. The van der Waals surface area contributed by atoms with Crippen LogP contribution in [0.4, 0.5) is 0 Å². The molecule has 0 saturated carbocycles. The summed E-state index contributed by atoms with van der Waals surface area (Å²) in [6, 6.07) is 4.82. The summed E-state index contributed by atoms with van der Waals surface area (Å²) in [6.45, 7) is 9.07. The Morgan fingerprint density at radius 2 is 1.94 bits per heavy atom. The molecule has 1 unspecified atom stereocenters. The van der Waals surface area contributed by atoms with Gasteiger partial charge in [0, 0.05) is 56.0 Å². The summed E-state index contributed by atoms with van der Waals surface area (Å²) in [5.74, 6) is -0.0288. The second-order valence-electron chi connectivity index (χ2n) is 10.7. The zero-order chi connectivity index (χ0) is 26.2. The fourth-order valence-corrected chi connectivity index (χ4v) is 5.12. The molecular weight excluding hydrogens is 460 g/mol. The Morgan fingerprint density at radius 1 is 1.25 bits per heavy atom. The fourth-order valence-electron chi connectivity index (χ4n) is 5.12. The molecule has 2 N–H and O–H groups in total. The number of nitrogens with zero attached hydrogens (tertiary/aromatic N) is 3. The van der Waals surface area contributed by atoms with E-state index >= 15 is 0 Å². The molecule has 1 saturated heterocycles. The van der Waals surface area contributed by atoms with Crippen molar-refractivity contribution in [2.45, 2.75) is 77.5 Å². The molecule has 1 aromatic heterocycles. The van der Waals surface area contributed by atoms with Gasteiger partial charge in [0.1, 0.15) is 17.5 Å². The maximum atomic E-state index is 13.2. The molecule has 0 spiro atoms. The summed E-state index contributed by atoms with van der Waals surface area (Å²) >= 11 is 0. The normalized spacial score (nSPS) is 17.2. The quantitative estimate of drug-likeness (QED) is 0.588. The van der Waals surface area contributed by atoms with Crippen LogP contribution in [0.25, 0.3) is 11.3 Å². The van der Waals surface area contributed by atoms with Crippen molar-refractivity contribution in [3.05, 3.63) is 40.8 Å². The minimum absolute atomic E-state index is 0.00206. The van der Waals surface area contributed by atoms with Crippen molar-refractivity contribution < 1.29 is 23.9 Å². The van der Waals surface area contributed by atoms with Crippen molar-refractivity contribution in [1.29, 1.82) is 0 Å². The lowest BCUT2D eigenvalue weighted by Crippen LogP contribution is -2.45. The van der Waals surface area contributed by atoms with Crippen LogP contribution in [-0.2, 0) is 32.7 Å². The topological polar surface area (TPSA) is 117 Å². The third-order valence-electron chi connectivity index (χ3n) is 6.93. The number of benzene rings is 1. The highest BCUT2D eigenvalue weighted by Gasteiger charge is 2.36. The van der Waals surface area contributed by atoms with Crippen LogP contribution in [0.3, 0.4) is 0 Å². The number of aryl methyl sites for hydroxylation is 1. The average molecular weight is 497 g/mol. The van der Waals surface area contributed by atoms with Gasteiger partial charge in [-0.2, -0.15) is 0 Å². The molecule has 2 aliphatic rings. The molecule has 2 amide bonds. The van der Waals surface area contributed by atoms with Crippen molar-refractivity contribution >= 4 is 17.8 Å². The average Bonchev–Trinajstić information content (AvgIpc) is 3.29. The third kappa shape index (κ3) is 5.31. The summed E-state index contributed by atoms with van der Waals surface area (Å²) in [4.78, 5) is 44.0. The van der Waals surface area contributed by atoms with E-state index in [-0.39, 0.29) is 25.3 Å². The summed E-state index contributed by atoms with van der Waals surface area (Å²) in [6.07, 6.45) is 2.00. The number of hydrogen-bond donors (Lipinski definition) is 1. The SMILES string of the molecule is Cc1nc(-c2ccc3c(c2)CN(C(CCC(=O)OC(C)(C)C)C(N)=O)C3=O)c(C2CCOCC2)n1C. The Morgan fingerprint density at radius 3 is 2.58 bits per heavy atom. The van der Waals surface area contributed by atoms with Crippen LogP contribution in [0.5, 0.6) is 0 Å². The number of esters is 1. The van der Waals surface area contributed by atoms with E-state index in [4.69, 9.17) is 20.2 Å². The summed E-state index contributed by atoms with van der Waals surface area (Å²) < 4.78 is 13.1. The van der Waals surface area contributed by atoms with Gasteiger partial charge in [0.2, 0.25) is 5.91 Å². The van der Waals surface area contributed by atoms with E-state index in [1.54, 1.807) is 26.8 Å². The number of carbonyl (C=O) groups is 3. The first kappa shape index (κ1) is 25.9. The first-order chi connectivity index (χ1) is 17.0. The van der Waals surface area contributed by atoms with Crippen molar-refractivity contribution in [3.8, 4) is 11.3 Å². The Hall–Kier alpha value is -3.20. The number of hydrogen-bond acceptors (Lipinski definition) is 6. The smallest absolute Gasteiger partial charge is 0.306 e. The molecule has 2 aliphatic heterocycles. The minimum atomic E-state index is -0.893. The molecule has 9 heteroatoms. The van der Waals surface area contributed by atoms with E-state index < -0.39 is 23.5 Å². The van der Waals surface area contributed by atoms with Crippen LogP contribution >= 0.6 is 0 Å². The molecule has 194 valence electrons. The maximum absolute atomic E-state index is 13.2. The molecule has 3 heterocycles. The summed E-state index contributed by atoms with van der Waals surface area (Å²) in [5.41, 5.74) is 9.46. The molecule has 0 bridgehead atoms. The third-order valence-corrected chi connectivity index (χ3v) is 6.93.